The summed E-state index contributed by atoms with van der Waals surface area (Å²) in [4.78, 5) is 91.6. The van der Waals surface area contributed by atoms with Crippen molar-refractivity contribution in [3.8, 4) is 0 Å². The first kappa shape index (κ1) is 41.9. The number of carbonyl (C=O) groups excluding carboxylic acids is 7. The van der Waals surface area contributed by atoms with Crippen molar-refractivity contribution in [1.29, 1.82) is 0 Å². The van der Waals surface area contributed by atoms with E-state index in [0.717, 1.165) is 11.1 Å². The smallest absolute Gasteiger partial charge is 0.408 e. The summed E-state index contributed by atoms with van der Waals surface area (Å²) in [6.07, 6.45) is 0.902. The SMILES string of the molecule is CC(C)(C)OC(=O)NC1CCCCNC(=O)CC(=O)NCCCC[C@@H](C(N)=O)NC(=O)[C@H](Cc2ccccc2)NC(=O)C(Cc2ccccc2)NC1=O. The molecule has 1 aliphatic heterocycles. The van der Waals surface area contributed by atoms with Gasteiger partial charge in [0.05, 0.1) is 0 Å². The number of nitrogens with two attached hydrogens (primary N) is 1. The molecule has 4 atom stereocenters. The van der Waals surface area contributed by atoms with Crippen LogP contribution in [0.1, 0.15) is 76.8 Å². The van der Waals surface area contributed by atoms with Gasteiger partial charge < -0.3 is 42.4 Å². The van der Waals surface area contributed by atoms with Crippen LogP contribution in [-0.2, 0) is 46.3 Å². The molecule has 1 heterocycles. The average Bonchev–Trinajstić information content (AvgIpc) is 3.09. The maximum atomic E-state index is 14.1. The van der Waals surface area contributed by atoms with Crippen molar-refractivity contribution in [2.24, 2.45) is 5.73 Å². The molecule has 15 nitrogen and oxygen atoms in total. The minimum atomic E-state index is -1.18. The molecule has 0 aromatic heterocycles. The van der Waals surface area contributed by atoms with E-state index in [1.807, 2.05) is 12.1 Å². The fraction of sp³-hybridized carbons (Fsp3) is 0.500. The predicted molar refractivity (Wildman–Crippen MR) is 197 cm³/mol. The minimum Gasteiger partial charge on any atom is -0.444 e. The van der Waals surface area contributed by atoms with E-state index in [4.69, 9.17) is 10.5 Å². The van der Waals surface area contributed by atoms with E-state index in [0.29, 0.717) is 25.7 Å². The molecule has 0 aliphatic carbocycles. The number of carbonyl (C=O) groups is 7. The summed E-state index contributed by atoms with van der Waals surface area (Å²) in [6.45, 7) is 5.52. The lowest BCUT2D eigenvalue weighted by molar-refractivity contribution is -0.133. The van der Waals surface area contributed by atoms with Crippen LogP contribution in [0.2, 0.25) is 0 Å². The van der Waals surface area contributed by atoms with Gasteiger partial charge in [-0.2, -0.15) is 0 Å². The Labute approximate surface area is 310 Å². The third-order valence-electron chi connectivity index (χ3n) is 8.30. The molecule has 53 heavy (non-hydrogen) atoms. The maximum absolute atomic E-state index is 14.1. The second-order valence-electron chi connectivity index (χ2n) is 14.0. The Kier molecular flexibility index (Phi) is 16.7. The number of ether oxygens (including phenoxy) is 1. The van der Waals surface area contributed by atoms with Crippen molar-refractivity contribution in [3.63, 3.8) is 0 Å². The summed E-state index contributed by atoms with van der Waals surface area (Å²) in [7, 11) is 0. The van der Waals surface area contributed by atoms with Crippen molar-refractivity contribution < 1.29 is 38.3 Å². The lowest BCUT2D eigenvalue weighted by Crippen LogP contribution is -2.59. The summed E-state index contributed by atoms with van der Waals surface area (Å²) < 4.78 is 5.40. The molecule has 0 radical (unpaired) electrons. The van der Waals surface area contributed by atoms with Gasteiger partial charge in [0.1, 0.15) is 36.2 Å². The second kappa shape index (κ2) is 21.2. The zero-order chi connectivity index (χ0) is 38.8. The molecule has 15 heteroatoms. The summed E-state index contributed by atoms with van der Waals surface area (Å²) in [5.41, 5.74) is 6.26. The highest BCUT2D eigenvalue weighted by Crippen LogP contribution is 2.12. The largest absolute Gasteiger partial charge is 0.444 e. The van der Waals surface area contributed by atoms with Gasteiger partial charge in [-0.3, -0.25) is 28.8 Å². The Morgan fingerprint density at radius 3 is 1.66 bits per heavy atom. The van der Waals surface area contributed by atoms with E-state index < -0.39 is 71.3 Å². The van der Waals surface area contributed by atoms with Gasteiger partial charge in [-0.1, -0.05) is 60.7 Å². The molecule has 1 fully saturated rings. The number of hydrogen-bond acceptors (Lipinski definition) is 8. The van der Waals surface area contributed by atoms with Crippen LogP contribution in [0.15, 0.2) is 60.7 Å². The topological polar surface area (TPSA) is 227 Å². The Hall–Kier alpha value is -5.47. The van der Waals surface area contributed by atoms with E-state index in [1.165, 1.54) is 0 Å². The van der Waals surface area contributed by atoms with E-state index in [1.54, 1.807) is 69.3 Å². The van der Waals surface area contributed by atoms with Crippen molar-refractivity contribution in [2.45, 2.75) is 108 Å². The highest BCUT2D eigenvalue weighted by Gasteiger charge is 2.32. The van der Waals surface area contributed by atoms with Gasteiger partial charge >= 0.3 is 6.09 Å². The Balaban J connectivity index is 1.95. The fourth-order valence-electron chi connectivity index (χ4n) is 5.61. The van der Waals surface area contributed by atoms with E-state index >= 15 is 0 Å². The number of nitrogens with one attached hydrogen (secondary N) is 6. The first-order chi connectivity index (χ1) is 25.2. The number of hydrogen-bond donors (Lipinski definition) is 7. The molecule has 1 saturated heterocycles. The van der Waals surface area contributed by atoms with Gasteiger partial charge in [0, 0.05) is 25.9 Å². The lowest BCUT2D eigenvalue weighted by Gasteiger charge is -2.27. The second-order valence-corrected chi connectivity index (χ2v) is 14.0. The Morgan fingerprint density at radius 1 is 0.698 bits per heavy atom. The minimum absolute atomic E-state index is 0.0555. The van der Waals surface area contributed by atoms with Crippen LogP contribution >= 0.6 is 0 Å². The molecule has 8 N–H and O–H groups in total. The Bertz CT molecular complexity index is 1550. The number of benzene rings is 2. The van der Waals surface area contributed by atoms with Crippen molar-refractivity contribution >= 4 is 41.5 Å². The molecule has 0 saturated carbocycles. The molecule has 0 bridgehead atoms. The van der Waals surface area contributed by atoms with Gasteiger partial charge in [-0.15, -0.1) is 0 Å². The highest BCUT2D eigenvalue weighted by molar-refractivity contribution is 5.97. The molecular formula is C38H53N7O8. The zero-order valence-electron chi connectivity index (χ0n) is 30.7. The average molecular weight is 736 g/mol. The normalized spacial score (nSPS) is 22.1. The van der Waals surface area contributed by atoms with Gasteiger partial charge in [0.2, 0.25) is 35.4 Å². The standard InChI is InChI=1S/C38H53N7O8/c1-38(2,3)53-37(52)45-28-19-11-13-21-41-32(47)24-31(46)40-20-12-10-18-27(33(39)48)42-35(50)29(22-25-14-6-4-7-15-25)44-36(51)30(43-34(28)49)23-26-16-8-5-9-17-26/h4-9,14-17,27-30H,10-13,18-24H2,1-3H3,(H2,39,48)(H,40,46)(H,41,47)(H,42,50)(H,43,49)(H,44,51)(H,45,52)/t27-,28?,29-,30?/m0/s1. The van der Waals surface area contributed by atoms with E-state index in [9.17, 15) is 33.6 Å². The quantitative estimate of drug-likeness (QED) is 0.214. The van der Waals surface area contributed by atoms with Crippen LogP contribution < -0.4 is 37.6 Å². The summed E-state index contributed by atoms with van der Waals surface area (Å²) >= 11 is 0. The van der Waals surface area contributed by atoms with Crippen LogP contribution in [0.3, 0.4) is 0 Å². The molecule has 288 valence electrons. The van der Waals surface area contributed by atoms with Crippen LogP contribution in [0.25, 0.3) is 0 Å². The van der Waals surface area contributed by atoms with Crippen LogP contribution in [-0.4, -0.2) is 84.4 Å². The number of rotatable bonds is 6. The van der Waals surface area contributed by atoms with Crippen molar-refractivity contribution in [1.82, 2.24) is 31.9 Å². The van der Waals surface area contributed by atoms with E-state index in [2.05, 4.69) is 31.9 Å². The van der Waals surface area contributed by atoms with Crippen LogP contribution in [0.4, 0.5) is 4.79 Å². The molecule has 2 aromatic carbocycles. The Morgan fingerprint density at radius 2 is 1.17 bits per heavy atom. The molecule has 7 amide bonds. The number of primary amides is 1. The summed E-state index contributed by atoms with van der Waals surface area (Å²) in [6, 6.07) is 13.4. The monoisotopic (exact) mass is 735 g/mol. The lowest BCUT2D eigenvalue weighted by atomic mass is 10.0. The predicted octanol–water partition coefficient (Wildman–Crippen LogP) is 1.28. The molecule has 3 rings (SSSR count). The van der Waals surface area contributed by atoms with Crippen molar-refractivity contribution in [3.05, 3.63) is 71.8 Å². The zero-order valence-corrected chi connectivity index (χ0v) is 30.7. The molecule has 1 aliphatic rings. The third-order valence-corrected chi connectivity index (χ3v) is 8.30. The third kappa shape index (κ3) is 16.2. The first-order valence-corrected chi connectivity index (χ1v) is 18.0. The fourth-order valence-corrected chi connectivity index (χ4v) is 5.61. The number of amides is 7. The molecule has 2 aromatic rings. The van der Waals surface area contributed by atoms with Gasteiger partial charge in [0.15, 0.2) is 0 Å². The van der Waals surface area contributed by atoms with Gasteiger partial charge in [-0.25, -0.2) is 4.79 Å². The number of alkyl carbamates (subject to hydrolysis) is 1. The van der Waals surface area contributed by atoms with Crippen LogP contribution in [0, 0.1) is 0 Å². The molecule has 2 unspecified atom stereocenters. The molecular weight excluding hydrogens is 682 g/mol. The van der Waals surface area contributed by atoms with Crippen LogP contribution in [0.5, 0.6) is 0 Å². The van der Waals surface area contributed by atoms with Gasteiger partial charge in [0.25, 0.3) is 0 Å². The molecule has 0 spiro atoms. The summed E-state index contributed by atoms with van der Waals surface area (Å²) in [5.74, 6) is -3.70. The summed E-state index contributed by atoms with van der Waals surface area (Å²) in [5, 5.41) is 16.2. The highest BCUT2D eigenvalue weighted by atomic mass is 16.6. The maximum Gasteiger partial charge on any atom is 0.408 e. The van der Waals surface area contributed by atoms with Gasteiger partial charge in [-0.05, 0) is 70.4 Å². The first-order valence-electron chi connectivity index (χ1n) is 18.0. The van der Waals surface area contributed by atoms with Crippen molar-refractivity contribution in [2.75, 3.05) is 13.1 Å². The van der Waals surface area contributed by atoms with E-state index in [-0.39, 0.29) is 45.2 Å².